The molecule has 0 bridgehead atoms. The van der Waals surface area contributed by atoms with Gasteiger partial charge < -0.3 is 0 Å². The maximum Gasteiger partial charge on any atom is 0.279 e. The van der Waals surface area contributed by atoms with E-state index in [0.717, 1.165) is 0 Å². The largest absolute Gasteiger partial charge is 0.279 e. The second-order valence-electron chi connectivity index (χ2n) is 2.88. The van der Waals surface area contributed by atoms with Gasteiger partial charge in [-0.25, -0.2) is 9.07 Å². The van der Waals surface area contributed by atoms with Crippen LogP contribution in [0.3, 0.4) is 0 Å². The standard InChI is InChI=1S/C10H6BrFN2O/c11-9-6-7(12)2-3-8(9)10(15)14-5-1-4-13-14/h1-6H. The molecule has 1 heterocycles. The molecule has 1 aromatic heterocycles. The highest BCUT2D eigenvalue weighted by atomic mass is 79.9. The van der Waals surface area contributed by atoms with Gasteiger partial charge in [0.2, 0.25) is 0 Å². The first kappa shape index (κ1) is 10.0. The summed E-state index contributed by atoms with van der Waals surface area (Å²) in [5.41, 5.74) is 0.375. The second-order valence-corrected chi connectivity index (χ2v) is 3.73. The Kier molecular flexibility index (Phi) is 2.64. The summed E-state index contributed by atoms with van der Waals surface area (Å²) in [6.45, 7) is 0. The number of hydrogen-bond donors (Lipinski definition) is 0. The highest BCUT2D eigenvalue weighted by Crippen LogP contribution is 2.18. The van der Waals surface area contributed by atoms with Gasteiger partial charge in [-0.05, 0) is 40.2 Å². The van der Waals surface area contributed by atoms with Crippen molar-refractivity contribution in [2.24, 2.45) is 0 Å². The van der Waals surface area contributed by atoms with Crippen molar-refractivity contribution in [3.63, 3.8) is 0 Å². The molecule has 15 heavy (non-hydrogen) atoms. The van der Waals surface area contributed by atoms with Crippen LogP contribution in [-0.4, -0.2) is 15.7 Å². The summed E-state index contributed by atoms with van der Waals surface area (Å²) in [5.74, 6) is -0.689. The van der Waals surface area contributed by atoms with Gasteiger partial charge in [0.05, 0.1) is 5.56 Å². The van der Waals surface area contributed by atoms with Gasteiger partial charge in [-0.2, -0.15) is 5.10 Å². The van der Waals surface area contributed by atoms with Crippen LogP contribution in [0.4, 0.5) is 4.39 Å². The molecule has 2 rings (SSSR count). The van der Waals surface area contributed by atoms with Crippen LogP contribution in [0, 0.1) is 5.82 Å². The third kappa shape index (κ3) is 1.97. The lowest BCUT2D eigenvalue weighted by Gasteiger charge is -2.02. The van der Waals surface area contributed by atoms with E-state index in [1.165, 1.54) is 35.3 Å². The predicted octanol–water partition coefficient (Wildman–Crippen LogP) is 2.47. The molecular formula is C10H6BrFN2O. The Morgan fingerprint density at radius 2 is 2.27 bits per heavy atom. The first-order chi connectivity index (χ1) is 7.18. The van der Waals surface area contributed by atoms with Gasteiger partial charge in [-0.3, -0.25) is 4.79 Å². The van der Waals surface area contributed by atoms with Gasteiger partial charge in [0.25, 0.3) is 5.91 Å². The summed E-state index contributed by atoms with van der Waals surface area (Å²) >= 11 is 3.13. The highest BCUT2D eigenvalue weighted by Gasteiger charge is 2.12. The minimum Gasteiger partial charge on any atom is -0.267 e. The lowest BCUT2D eigenvalue weighted by atomic mass is 10.2. The molecule has 0 aliphatic heterocycles. The van der Waals surface area contributed by atoms with E-state index in [9.17, 15) is 9.18 Å². The van der Waals surface area contributed by atoms with Crippen LogP contribution in [0.25, 0.3) is 0 Å². The van der Waals surface area contributed by atoms with E-state index in [0.29, 0.717) is 10.0 Å². The van der Waals surface area contributed by atoms with Crippen molar-refractivity contribution < 1.29 is 9.18 Å². The number of rotatable bonds is 1. The fraction of sp³-hybridized carbons (Fsp3) is 0. The van der Waals surface area contributed by atoms with Crippen LogP contribution in [0.2, 0.25) is 0 Å². The van der Waals surface area contributed by atoms with Crippen molar-refractivity contribution in [3.05, 3.63) is 52.5 Å². The average molecular weight is 269 g/mol. The number of carbonyl (C=O) groups excluding carboxylic acids is 1. The molecule has 2 aromatic rings. The summed E-state index contributed by atoms with van der Waals surface area (Å²) in [6, 6.07) is 5.55. The van der Waals surface area contributed by atoms with Crippen LogP contribution in [0.1, 0.15) is 10.4 Å². The molecule has 0 N–H and O–H groups in total. The highest BCUT2D eigenvalue weighted by molar-refractivity contribution is 9.10. The van der Waals surface area contributed by atoms with Crippen molar-refractivity contribution in [1.82, 2.24) is 9.78 Å². The molecule has 0 aliphatic carbocycles. The number of hydrogen-bond acceptors (Lipinski definition) is 2. The molecule has 1 aromatic carbocycles. The molecule has 0 aliphatic rings. The Bertz CT molecular complexity index is 496. The summed E-state index contributed by atoms with van der Waals surface area (Å²) in [4.78, 5) is 11.8. The summed E-state index contributed by atoms with van der Waals surface area (Å²) in [5, 5.41) is 3.81. The van der Waals surface area contributed by atoms with E-state index in [2.05, 4.69) is 21.0 Å². The fourth-order valence-corrected chi connectivity index (χ4v) is 1.70. The first-order valence-electron chi connectivity index (χ1n) is 4.18. The normalized spacial score (nSPS) is 10.3. The monoisotopic (exact) mass is 268 g/mol. The lowest BCUT2D eigenvalue weighted by molar-refractivity contribution is 0.0944. The smallest absolute Gasteiger partial charge is 0.267 e. The summed E-state index contributed by atoms with van der Waals surface area (Å²) in [7, 11) is 0. The van der Waals surface area contributed by atoms with Crippen molar-refractivity contribution >= 4 is 21.8 Å². The fourth-order valence-electron chi connectivity index (χ4n) is 1.18. The molecule has 0 saturated heterocycles. The predicted molar refractivity (Wildman–Crippen MR) is 56.1 cm³/mol. The van der Waals surface area contributed by atoms with Crippen molar-refractivity contribution in [2.45, 2.75) is 0 Å². The van der Waals surface area contributed by atoms with Crippen LogP contribution in [0.5, 0.6) is 0 Å². The maximum absolute atomic E-state index is 12.8. The molecule has 5 heteroatoms. The molecule has 0 saturated carbocycles. The topological polar surface area (TPSA) is 34.9 Å². The summed E-state index contributed by atoms with van der Waals surface area (Å²) < 4.78 is 14.4. The van der Waals surface area contributed by atoms with E-state index in [-0.39, 0.29) is 11.7 Å². The Morgan fingerprint density at radius 3 is 2.87 bits per heavy atom. The molecular weight excluding hydrogens is 263 g/mol. The van der Waals surface area contributed by atoms with Gasteiger partial charge in [0.15, 0.2) is 0 Å². The maximum atomic E-state index is 12.8. The number of halogens is 2. The van der Waals surface area contributed by atoms with E-state index in [1.54, 1.807) is 6.07 Å². The third-order valence-corrected chi connectivity index (χ3v) is 2.53. The van der Waals surface area contributed by atoms with Gasteiger partial charge in [-0.1, -0.05) is 0 Å². The van der Waals surface area contributed by atoms with Gasteiger partial charge in [0.1, 0.15) is 5.82 Å². The zero-order valence-electron chi connectivity index (χ0n) is 7.52. The minimum atomic E-state index is -0.390. The molecule has 0 radical (unpaired) electrons. The first-order valence-corrected chi connectivity index (χ1v) is 4.97. The minimum absolute atomic E-state index is 0.299. The zero-order valence-corrected chi connectivity index (χ0v) is 9.11. The van der Waals surface area contributed by atoms with Crippen LogP contribution >= 0.6 is 15.9 Å². The van der Waals surface area contributed by atoms with E-state index < -0.39 is 0 Å². The van der Waals surface area contributed by atoms with Crippen LogP contribution in [-0.2, 0) is 0 Å². The van der Waals surface area contributed by atoms with Crippen LogP contribution < -0.4 is 0 Å². The zero-order chi connectivity index (χ0) is 10.8. The SMILES string of the molecule is O=C(c1ccc(F)cc1Br)n1cccn1. The van der Waals surface area contributed by atoms with Crippen molar-refractivity contribution in [1.29, 1.82) is 0 Å². The third-order valence-electron chi connectivity index (χ3n) is 1.87. The number of carbonyl (C=O) groups is 1. The van der Waals surface area contributed by atoms with E-state index in [4.69, 9.17) is 0 Å². The summed E-state index contributed by atoms with van der Waals surface area (Å²) in [6.07, 6.45) is 3.05. The van der Waals surface area contributed by atoms with E-state index >= 15 is 0 Å². The van der Waals surface area contributed by atoms with Gasteiger partial charge >= 0.3 is 0 Å². The molecule has 0 fully saturated rings. The molecule has 0 atom stereocenters. The number of aromatic nitrogens is 2. The molecule has 3 nitrogen and oxygen atoms in total. The average Bonchev–Trinajstić information content (AvgIpc) is 2.69. The second kappa shape index (κ2) is 3.94. The molecule has 76 valence electrons. The quantitative estimate of drug-likeness (QED) is 0.797. The number of nitrogens with zero attached hydrogens (tertiary/aromatic N) is 2. The van der Waals surface area contributed by atoms with Crippen molar-refractivity contribution in [3.8, 4) is 0 Å². The molecule has 0 spiro atoms. The van der Waals surface area contributed by atoms with Crippen LogP contribution in [0.15, 0.2) is 41.1 Å². The van der Waals surface area contributed by atoms with Gasteiger partial charge in [-0.15, -0.1) is 0 Å². The molecule has 0 amide bonds. The lowest BCUT2D eigenvalue weighted by Crippen LogP contribution is -2.13. The Balaban J connectivity index is 2.42. The number of benzene rings is 1. The molecule has 0 unspecified atom stereocenters. The Hall–Kier alpha value is -1.49. The Labute approximate surface area is 93.7 Å². The van der Waals surface area contributed by atoms with E-state index in [1.807, 2.05) is 0 Å². The van der Waals surface area contributed by atoms with Gasteiger partial charge in [0, 0.05) is 16.9 Å². The van der Waals surface area contributed by atoms with Crippen molar-refractivity contribution in [2.75, 3.05) is 0 Å². The Morgan fingerprint density at radius 1 is 1.47 bits per heavy atom.